The van der Waals surface area contributed by atoms with E-state index in [-0.39, 0.29) is 0 Å². The third kappa shape index (κ3) is 1.79. The fourth-order valence-corrected chi connectivity index (χ4v) is 3.91. The molecule has 4 rings (SSSR count). The summed E-state index contributed by atoms with van der Waals surface area (Å²) in [6.45, 7) is 7.10. The molecule has 0 radical (unpaired) electrons. The first-order chi connectivity index (χ1) is 9.74. The fraction of sp³-hybridized carbons (Fsp3) is 0.562. The summed E-state index contributed by atoms with van der Waals surface area (Å²) in [6, 6.07) is 8.81. The predicted molar refractivity (Wildman–Crippen MR) is 80.6 cm³/mol. The van der Waals surface area contributed by atoms with Crippen molar-refractivity contribution in [2.45, 2.75) is 13.0 Å². The summed E-state index contributed by atoms with van der Waals surface area (Å²) in [5.41, 5.74) is 2.34. The molecule has 3 atom stereocenters. The SMILES string of the molecule is CC(c1nc2ccccc2n1C)N1CC2CNCC2C1. The lowest BCUT2D eigenvalue weighted by Gasteiger charge is -2.24. The number of hydrogen-bond acceptors (Lipinski definition) is 3. The standard InChI is InChI=1S/C16H22N4/c1-11(20-9-12-7-17-8-13(12)10-20)16-18-14-5-3-4-6-15(14)19(16)2/h3-6,11-13,17H,7-10H2,1-2H3. The van der Waals surface area contributed by atoms with Crippen molar-refractivity contribution in [1.82, 2.24) is 19.8 Å². The number of aromatic nitrogens is 2. The Balaban J connectivity index is 1.64. The van der Waals surface area contributed by atoms with Crippen LogP contribution in [0.1, 0.15) is 18.8 Å². The van der Waals surface area contributed by atoms with E-state index in [2.05, 4.69) is 53.0 Å². The lowest BCUT2D eigenvalue weighted by atomic mass is 10.0. The van der Waals surface area contributed by atoms with Gasteiger partial charge < -0.3 is 9.88 Å². The zero-order chi connectivity index (χ0) is 13.7. The van der Waals surface area contributed by atoms with E-state index in [9.17, 15) is 0 Å². The van der Waals surface area contributed by atoms with Crippen LogP contribution in [0.3, 0.4) is 0 Å². The molecule has 1 aromatic carbocycles. The summed E-state index contributed by atoms with van der Waals surface area (Å²) >= 11 is 0. The summed E-state index contributed by atoms with van der Waals surface area (Å²) in [5.74, 6) is 2.87. The molecule has 0 aliphatic carbocycles. The molecule has 2 saturated heterocycles. The lowest BCUT2D eigenvalue weighted by Crippen LogP contribution is -2.29. The van der Waals surface area contributed by atoms with Crippen LogP contribution in [0.15, 0.2) is 24.3 Å². The van der Waals surface area contributed by atoms with Gasteiger partial charge in [-0.05, 0) is 44.0 Å². The molecule has 106 valence electrons. The molecule has 0 amide bonds. The molecule has 4 nitrogen and oxygen atoms in total. The average Bonchev–Trinajstić information content (AvgIpc) is 3.11. The van der Waals surface area contributed by atoms with Crippen molar-refractivity contribution in [3.63, 3.8) is 0 Å². The number of fused-ring (bicyclic) bond motifs is 2. The molecule has 3 unspecified atom stereocenters. The van der Waals surface area contributed by atoms with Crippen LogP contribution in [-0.4, -0.2) is 40.6 Å². The van der Waals surface area contributed by atoms with Gasteiger partial charge in [-0.3, -0.25) is 4.90 Å². The lowest BCUT2D eigenvalue weighted by molar-refractivity contribution is 0.232. The minimum absolute atomic E-state index is 0.401. The number of aryl methyl sites for hydroxylation is 1. The molecule has 0 spiro atoms. The second-order valence-electron chi connectivity index (χ2n) is 6.33. The molecule has 1 N–H and O–H groups in total. The topological polar surface area (TPSA) is 33.1 Å². The van der Waals surface area contributed by atoms with Crippen molar-refractivity contribution in [1.29, 1.82) is 0 Å². The van der Waals surface area contributed by atoms with E-state index in [0.717, 1.165) is 17.4 Å². The van der Waals surface area contributed by atoms with Gasteiger partial charge in [-0.15, -0.1) is 0 Å². The minimum Gasteiger partial charge on any atom is -0.330 e. The monoisotopic (exact) mass is 270 g/mol. The van der Waals surface area contributed by atoms with Crippen LogP contribution in [0.4, 0.5) is 0 Å². The van der Waals surface area contributed by atoms with Crippen molar-refractivity contribution in [2.75, 3.05) is 26.2 Å². The number of hydrogen-bond donors (Lipinski definition) is 1. The second-order valence-corrected chi connectivity index (χ2v) is 6.33. The van der Waals surface area contributed by atoms with E-state index in [4.69, 9.17) is 4.98 Å². The van der Waals surface area contributed by atoms with Crippen molar-refractivity contribution in [3.05, 3.63) is 30.1 Å². The quantitative estimate of drug-likeness (QED) is 0.903. The van der Waals surface area contributed by atoms with Crippen molar-refractivity contribution in [2.24, 2.45) is 18.9 Å². The molecule has 2 aliphatic heterocycles. The first-order valence-corrected chi connectivity index (χ1v) is 7.60. The molecule has 2 aliphatic rings. The summed E-state index contributed by atoms with van der Waals surface area (Å²) in [5, 5.41) is 3.51. The van der Waals surface area contributed by atoms with Gasteiger partial charge in [0, 0.05) is 20.1 Å². The Hall–Kier alpha value is -1.39. The molecule has 0 bridgehead atoms. The van der Waals surface area contributed by atoms with Crippen LogP contribution < -0.4 is 5.32 Å². The Bertz CT molecular complexity index is 620. The van der Waals surface area contributed by atoms with Crippen molar-refractivity contribution in [3.8, 4) is 0 Å². The van der Waals surface area contributed by atoms with E-state index in [1.165, 1.54) is 37.5 Å². The Labute approximate surface area is 119 Å². The smallest absolute Gasteiger partial charge is 0.126 e. The van der Waals surface area contributed by atoms with Gasteiger partial charge in [0.25, 0.3) is 0 Å². The summed E-state index contributed by atoms with van der Waals surface area (Å²) in [7, 11) is 2.14. The fourth-order valence-electron chi connectivity index (χ4n) is 3.91. The zero-order valence-corrected chi connectivity index (χ0v) is 12.2. The maximum Gasteiger partial charge on any atom is 0.126 e. The third-order valence-corrected chi connectivity index (χ3v) is 5.16. The van der Waals surface area contributed by atoms with Gasteiger partial charge in [0.15, 0.2) is 0 Å². The van der Waals surface area contributed by atoms with Crippen LogP contribution in [0.25, 0.3) is 11.0 Å². The highest BCUT2D eigenvalue weighted by Crippen LogP contribution is 2.33. The number of benzene rings is 1. The maximum absolute atomic E-state index is 4.86. The highest BCUT2D eigenvalue weighted by Gasteiger charge is 2.38. The normalized spacial score (nSPS) is 28.1. The molecule has 0 saturated carbocycles. The van der Waals surface area contributed by atoms with E-state index < -0.39 is 0 Å². The van der Waals surface area contributed by atoms with E-state index in [1.807, 2.05) is 0 Å². The summed E-state index contributed by atoms with van der Waals surface area (Å²) in [4.78, 5) is 7.46. The number of nitrogens with zero attached hydrogens (tertiary/aromatic N) is 3. The predicted octanol–water partition coefficient (Wildman–Crippen LogP) is 1.79. The average molecular weight is 270 g/mol. The number of nitrogens with one attached hydrogen (secondary N) is 1. The van der Waals surface area contributed by atoms with E-state index in [1.54, 1.807) is 0 Å². The van der Waals surface area contributed by atoms with Crippen LogP contribution in [0.2, 0.25) is 0 Å². The van der Waals surface area contributed by atoms with Crippen LogP contribution in [0, 0.1) is 11.8 Å². The molecule has 4 heteroatoms. The Kier molecular flexibility index (Phi) is 2.82. The van der Waals surface area contributed by atoms with Gasteiger partial charge >= 0.3 is 0 Å². The molecule has 2 aromatic rings. The van der Waals surface area contributed by atoms with Crippen LogP contribution >= 0.6 is 0 Å². The second kappa shape index (κ2) is 4.57. The zero-order valence-electron chi connectivity index (χ0n) is 12.2. The molecular formula is C16H22N4. The number of likely N-dealkylation sites (tertiary alicyclic amines) is 1. The Morgan fingerprint density at radius 3 is 2.60 bits per heavy atom. The molecule has 3 heterocycles. The van der Waals surface area contributed by atoms with E-state index >= 15 is 0 Å². The van der Waals surface area contributed by atoms with Gasteiger partial charge in [0.05, 0.1) is 17.1 Å². The first kappa shape index (κ1) is 12.4. The van der Waals surface area contributed by atoms with Crippen molar-refractivity contribution >= 4 is 11.0 Å². The van der Waals surface area contributed by atoms with Crippen molar-refractivity contribution < 1.29 is 0 Å². The van der Waals surface area contributed by atoms with Crippen LogP contribution in [0.5, 0.6) is 0 Å². The minimum atomic E-state index is 0.401. The Morgan fingerprint density at radius 2 is 1.90 bits per heavy atom. The highest BCUT2D eigenvalue weighted by atomic mass is 15.2. The summed E-state index contributed by atoms with van der Waals surface area (Å²) < 4.78 is 2.26. The largest absolute Gasteiger partial charge is 0.330 e. The number of imidazole rings is 1. The molecule has 20 heavy (non-hydrogen) atoms. The molecular weight excluding hydrogens is 248 g/mol. The Morgan fingerprint density at radius 1 is 1.20 bits per heavy atom. The van der Waals surface area contributed by atoms with Gasteiger partial charge in [-0.1, -0.05) is 12.1 Å². The first-order valence-electron chi connectivity index (χ1n) is 7.60. The highest BCUT2D eigenvalue weighted by molar-refractivity contribution is 5.75. The third-order valence-electron chi connectivity index (χ3n) is 5.16. The number of para-hydroxylation sites is 2. The van der Waals surface area contributed by atoms with Crippen LogP contribution in [-0.2, 0) is 7.05 Å². The molecule has 2 fully saturated rings. The van der Waals surface area contributed by atoms with Gasteiger partial charge in [0.1, 0.15) is 5.82 Å². The van der Waals surface area contributed by atoms with E-state index in [0.29, 0.717) is 6.04 Å². The number of rotatable bonds is 2. The molecule has 1 aromatic heterocycles. The van der Waals surface area contributed by atoms with Gasteiger partial charge in [0.2, 0.25) is 0 Å². The summed E-state index contributed by atoms with van der Waals surface area (Å²) in [6.07, 6.45) is 0. The van der Waals surface area contributed by atoms with Gasteiger partial charge in [-0.2, -0.15) is 0 Å². The maximum atomic E-state index is 4.86. The van der Waals surface area contributed by atoms with Gasteiger partial charge in [-0.25, -0.2) is 4.98 Å².